The minimum absolute atomic E-state index is 0.0441. The highest BCUT2D eigenvalue weighted by Gasteiger charge is 2.28. The Labute approximate surface area is 173 Å². The van der Waals surface area contributed by atoms with Gasteiger partial charge in [0.25, 0.3) is 0 Å². The number of ether oxygens (including phenoxy) is 3. The number of aliphatic hydroxyl groups is 1. The molecule has 2 aliphatic rings. The molecule has 0 saturated carbocycles. The predicted molar refractivity (Wildman–Crippen MR) is 115 cm³/mol. The molecule has 160 valence electrons. The van der Waals surface area contributed by atoms with Crippen LogP contribution in [0.5, 0.6) is 5.75 Å². The van der Waals surface area contributed by atoms with Crippen LogP contribution in [-0.4, -0.2) is 64.3 Å². The molecule has 3 N–H and O–H groups in total. The Morgan fingerprint density at radius 3 is 2.76 bits per heavy atom. The van der Waals surface area contributed by atoms with E-state index in [1.165, 1.54) is 11.1 Å². The third-order valence-electron chi connectivity index (χ3n) is 5.68. The molecule has 0 bridgehead atoms. The summed E-state index contributed by atoms with van der Waals surface area (Å²) >= 11 is 0. The van der Waals surface area contributed by atoms with Gasteiger partial charge < -0.3 is 30.0 Å². The van der Waals surface area contributed by atoms with Crippen LogP contribution in [0.1, 0.15) is 30.7 Å². The maximum atomic E-state index is 10.2. The zero-order valence-corrected chi connectivity index (χ0v) is 17.5. The zero-order valence-electron chi connectivity index (χ0n) is 17.5. The Hall–Kier alpha value is -1.86. The van der Waals surface area contributed by atoms with Gasteiger partial charge in [0.1, 0.15) is 11.5 Å². The van der Waals surface area contributed by atoms with E-state index in [0.29, 0.717) is 18.3 Å². The largest absolute Gasteiger partial charge is 0.511 e. The van der Waals surface area contributed by atoms with Gasteiger partial charge in [-0.3, -0.25) is 0 Å². The van der Waals surface area contributed by atoms with Gasteiger partial charge in [-0.2, -0.15) is 0 Å². The average Bonchev–Trinajstić information content (AvgIpc) is 2.77. The van der Waals surface area contributed by atoms with E-state index in [2.05, 4.69) is 22.8 Å². The second kappa shape index (κ2) is 11.4. The van der Waals surface area contributed by atoms with Crippen LogP contribution in [0.2, 0.25) is 0 Å². The molecular weight excluding hydrogens is 368 g/mol. The first kappa shape index (κ1) is 21.8. The molecule has 1 saturated heterocycles. The Kier molecular flexibility index (Phi) is 8.55. The van der Waals surface area contributed by atoms with Crippen molar-refractivity contribution < 1.29 is 19.3 Å². The molecule has 0 radical (unpaired) electrons. The Morgan fingerprint density at radius 1 is 1.17 bits per heavy atom. The molecule has 1 heterocycles. The molecule has 0 amide bonds. The third-order valence-corrected chi connectivity index (χ3v) is 5.68. The summed E-state index contributed by atoms with van der Waals surface area (Å²) in [5, 5.41) is 17.0. The van der Waals surface area contributed by atoms with Gasteiger partial charge in [-0.05, 0) is 61.7 Å². The first-order valence-corrected chi connectivity index (χ1v) is 10.5. The lowest BCUT2D eigenvalue weighted by atomic mass is 9.87. The van der Waals surface area contributed by atoms with E-state index in [1.54, 1.807) is 20.3 Å². The van der Waals surface area contributed by atoms with Crippen LogP contribution >= 0.6 is 0 Å². The fourth-order valence-corrected chi connectivity index (χ4v) is 3.98. The molecule has 6 heteroatoms. The van der Waals surface area contributed by atoms with Crippen molar-refractivity contribution in [3.8, 4) is 5.75 Å². The van der Waals surface area contributed by atoms with Crippen LogP contribution < -0.4 is 15.4 Å². The maximum absolute atomic E-state index is 10.2. The summed E-state index contributed by atoms with van der Waals surface area (Å²) in [7, 11) is 3.39. The van der Waals surface area contributed by atoms with Gasteiger partial charge in [0.05, 0.1) is 25.9 Å². The minimum Gasteiger partial charge on any atom is -0.511 e. The second-order valence-electron chi connectivity index (χ2n) is 7.70. The van der Waals surface area contributed by atoms with Crippen molar-refractivity contribution in [1.82, 2.24) is 10.6 Å². The number of aliphatic hydroxyl groups excluding tert-OH is 1. The van der Waals surface area contributed by atoms with E-state index >= 15 is 0 Å². The molecule has 1 aliphatic heterocycles. The van der Waals surface area contributed by atoms with Gasteiger partial charge in [0.2, 0.25) is 0 Å². The van der Waals surface area contributed by atoms with Crippen molar-refractivity contribution in [2.45, 2.75) is 37.3 Å². The minimum atomic E-state index is -0.0441. The molecule has 6 nitrogen and oxygen atoms in total. The summed E-state index contributed by atoms with van der Waals surface area (Å²) in [5.41, 5.74) is 2.50. The molecule has 1 aromatic carbocycles. The number of methoxy groups -OCH3 is 2. The Balaban J connectivity index is 1.54. The molecular formula is C23H34N2O4. The molecule has 3 atom stereocenters. The summed E-state index contributed by atoms with van der Waals surface area (Å²) in [6, 6.07) is 8.28. The topological polar surface area (TPSA) is 72.0 Å². The Morgan fingerprint density at radius 2 is 2.00 bits per heavy atom. The van der Waals surface area contributed by atoms with Crippen LogP contribution in [0.25, 0.3) is 0 Å². The summed E-state index contributed by atoms with van der Waals surface area (Å²) in [6.45, 7) is 3.97. The fraction of sp³-hybridized carbons (Fsp3) is 0.565. The van der Waals surface area contributed by atoms with Gasteiger partial charge in [-0.1, -0.05) is 18.2 Å². The molecule has 0 aromatic heterocycles. The molecule has 1 aliphatic carbocycles. The van der Waals surface area contributed by atoms with Gasteiger partial charge in [0, 0.05) is 26.2 Å². The predicted octanol–water partition coefficient (Wildman–Crippen LogP) is 2.92. The second-order valence-corrected chi connectivity index (χ2v) is 7.70. The van der Waals surface area contributed by atoms with Crippen molar-refractivity contribution >= 4 is 0 Å². The van der Waals surface area contributed by atoms with Crippen molar-refractivity contribution in [2.75, 3.05) is 47.1 Å². The number of rotatable bonds is 10. The smallest absolute Gasteiger partial charge is 0.118 e. The lowest BCUT2D eigenvalue weighted by Gasteiger charge is -2.33. The van der Waals surface area contributed by atoms with Crippen molar-refractivity contribution in [3.63, 3.8) is 0 Å². The van der Waals surface area contributed by atoms with Crippen molar-refractivity contribution in [2.24, 2.45) is 0 Å². The lowest BCUT2D eigenvalue weighted by Crippen LogP contribution is -2.41. The van der Waals surface area contributed by atoms with Crippen LogP contribution in [0.4, 0.5) is 0 Å². The maximum Gasteiger partial charge on any atom is 0.118 e. The fourth-order valence-electron chi connectivity index (χ4n) is 3.98. The van der Waals surface area contributed by atoms with Gasteiger partial charge in [-0.15, -0.1) is 0 Å². The SMILES string of the molecule is COCCCNC1CC(CO[C@H]2CNCCC2c2ccc(OC)cc2)=CC=C1O. The number of hydrogen-bond donors (Lipinski definition) is 3. The molecule has 2 unspecified atom stereocenters. The van der Waals surface area contributed by atoms with Crippen molar-refractivity contribution in [3.05, 3.63) is 53.3 Å². The lowest BCUT2D eigenvalue weighted by molar-refractivity contribution is 0.0338. The number of benzene rings is 1. The van der Waals surface area contributed by atoms with E-state index < -0.39 is 0 Å². The van der Waals surface area contributed by atoms with E-state index in [4.69, 9.17) is 14.2 Å². The number of piperidine rings is 1. The van der Waals surface area contributed by atoms with Gasteiger partial charge in [-0.25, -0.2) is 0 Å². The summed E-state index contributed by atoms with van der Waals surface area (Å²) < 4.78 is 16.7. The zero-order chi connectivity index (χ0) is 20.5. The third kappa shape index (κ3) is 6.31. The van der Waals surface area contributed by atoms with E-state index in [9.17, 15) is 5.11 Å². The van der Waals surface area contributed by atoms with Crippen LogP contribution in [0.15, 0.2) is 47.7 Å². The monoisotopic (exact) mass is 402 g/mol. The van der Waals surface area contributed by atoms with E-state index in [1.807, 2.05) is 18.2 Å². The molecule has 1 fully saturated rings. The first-order chi connectivity index (χ1) is 14.2. The van der Waals surface area contributed by atoms with Crippen LogP contribution in [-0.2, 0) is 9.47 Å². The van der Waals surface area contributed by atoms with Crippen molar-refractivity contribution in [1.29, 1.82) is 0 Å². The highest BCUT2D eigenvalue weighted by Crippen LogP contribution is 2.30. The number of hydrogen-bond acceptors (Lipinski definition) is 6. The Bertz CT molecular complexity index is 687. The highest BCUT2D eigenvalue weighted by molar-refractivity contribution is 5.31. The standard InChI is InChI=1S/C23H34N2O4/c1-27-13-3-11-25-21-14-17(4-9-22(21)26)16-29-23-15-24-12-10-20(23)18-5-7-19(28-2)8-6-18/h4-9,20-21,23-26H,3,10-16H2,1-2H3/t20?,21?,23-/m0/s1. The summed E-state index contributed by atoms with van der Waals surface area (Å²) in [4.78, 5) is 0. The number of nitrogens with one attached hydrogen (secondary N) is 2. The average molecular weight is 403 g/mol. The van der Waals surface area contributed by atoms with Crippen LogP contribution in [0, 0.1) is 0 Å². The normalized spacial score (nSPS) is 24.7. The summed E-state index contributed by atoms with van der Waals surface area (Å²) in [6.07, 6.45) is 6.65. The number of allylic oxidation sites excluding steroid dienone is 2. The van der Waals surface area contributed by atoms with Crippen LogP contribution in [0.3, 0.4) is 0 Å². The molecule has 0 spiro atoms. The highest BCUT2D eigenvalue weighted by atomic mass is 16.5. The molecule has 3 rings (SSSR count). The molecule has 1 aromatic rings. The molecule has 29 heavy (non-hydrogen) atoms. The van der Waals surface area contributed by atoms with E-state index in [-0.39, 0.29) is 12.1 Å². The van der Waals surface area contributed by atoms with E-state index in [0.717, 1.165) is 51.3 Å². The van der Waals surface area contributed by atoms with Gasteiger partial charge >= 0.3 is 0 Å². The quantitative estimate of drug-likeness (QED) is 0.523. The first-order valence-electron chi connectivity index (χ1n) is 10.5. The van der Waals surface area contributed by atoms with Gasteiger partial charge in [0.15, 0.2) is 0 Å². The summed E-state index contributed by atoms with van der Waals surface area (Å²) in [5.74, 6) is 1.64.